The molecule has 3 aromatic carbocycles. The third-order valence-electron chi connectivity index (χ3n) is 5.02. The zero-order valence-electron chi connectivity index (χ0n) is 17.2. The normalized spacial score (nSPS) is 13.9. The van der Waals surface area contributed by atoms with E-state index < -0.39 is 58.1 Å². The molecule has 1 unspecified atom stereocenters. The number of hydrogen-bond donors (Lipinski definition) is 0. The first-order valence-corrected chi connectivity index (χ1v) is 11.6. The second-order valence-electron chi connectivity index (χ2n) is 7.21. The van der Waals surface area contributed by atoms with Gasteiger partial charge in [0.25, 0.3) is 0 Å². The van der Waals surface area contributed by atoms with Gasteiger partial charge in [0.1, 0.15) is 0 Å². The van der Waals surface area contributed by atoms with Gasteiger partial charge in [-0.3, -0.25) is 9.59 Å². The molecule has 0 radical (unpaired) electrons. The van der Waals surface area contributed by atoms with E-state index >= 15 is 0 Å². The summed E-state index contributed by atoms with van der Waals surface area (Å²) in [5, 5.41) is -0.775. The zero-order chi connectivity index (χ0) is 25.5. The van der Waals surface area contributed by atoms with E-state index in [9.17, 15) is 40.5 Å². The molecule has 0 aliphatic carbocycles. The van der Waals surface area contributed by atoms with Crippen LogP contribution >= 0.6 is 18.7 Å². The van der Waals surface area contributed by atoms with E-state index in [1.807, 2.05) is 0 Å². The molecule has 34 heavy (non-hydrogen) atoms. The first-order chi connectivity index (χ1) is 15.7. The minimum atomic E-state index is -5.41. The summed E-state index contributed by atoms with van der Waals surface area (Å²) in [6.07, 6.45) is -10.8. The van der Waals surface area contributed by atoms with Crippen LogP contribution in [0, 0.1) is 6.92 Å². The molecule has 0 aliphatic rings. The van der Waals surface area contributed by atoms with Gasteiger partial charge in [0, 0.05) is 10.9 Å². The van der Waals surface area contributed by atoms with Gasteiger partial charge in [0.2, 0.25) is 18.2 Å². The van der Waals surface area contributed by atoms with Crippen molar-refractivity contribution in [3.8, 4) is 0 Å². The quantitative estimate of drug-likeness (QED) is 0.262. The summed E-state index contributed by atoms with van der Waals surface area (Å²) in [7, 11) is -5.31. The second kappa shape index (κ2) is 9.04. The van der Waals surface area contributed by atoms with E-state index in [2.05, 4.69) is 0 Å². The number of rotatable bonds is 5. The fraction of sp³-hybridized carbons (Fsp3) is 0.130. The van der Waals surface area contributed by atoms with Gasteiger partial charge in [-0.05, 0) is 30.7 Å². The molecule has 3 aromatic rings. The monoisotopic (exact) mass is 518 g/mol. The van der Waals surface area contributed by atoms with Crippen molar-refractivity contribution in [3.63, 3.8) is 0 Å². The Balaban J connectivity index is 2.43. The predicted molar refractivity (Wildman–Crippen MR) is 115 cm³/mol. The van der Waals surface area contributed by atoms with Crippen LogP contribution in [0.2, 0.25) is 5.02 Å². The SMILES string of the molecule is Cc1cccc(Cl)c1C(=O)P(=O)(C(=O)c1c(C(F)(F)F)cccc1C(F)(F)F)c1ccccc1. The molecule has 0 aromatic heterocycles. The second-order valence-corrected chi connectivity index (χ2v) is 10.2. The number of hydrogen-bond acceptors (Lipinski definition) is 3. The molecule has 0 spiro atoms. The standard InChI is InChI=1S/C23H14ClF6O3P/c1-13-7-5-12-17(24)18(13)20(31)34(33,14-8-3-2-4-9-14)21(32)19-15(22(25,26)27)10-6-11-16(19)23(28,29)30/h2-12H,1H3. The van der Waals surface area contributed by atoms with Crippen LogP contribution in [0.25, 0.3) is 0 Å². The van der Waals surface area contributed by atoms with Crippen LogP contribution in [-0.4, -0.2) is 11.0 Å². The van der Waals surface area contributed by atoms with Crippen LogP contribution in [0.5, 0.6) is 0 Å². The van der Waals surface area contributed by atoms with Crippen molar-refractivity contribution in [2.24, 2.45) is 0 Å². The molecule has 0 heterocycles. The molecular formula is C23H14ClF6O3P. The van der Waals surface area contributed by atoms with Gasteiger partial charge in [0.15, 0.2) is 0 Å². The summed E-state index contributed by atoms with van der Waals surface area (Å²) in [5.74, 6) is 0. The molecule has 0 bridgehead atoms. The summed E-state index contributed by atoms with van der Waals surface area (Å²) in [6.45, 7) is 1.38. The Morgan fingerprint density at radius 3 is 1.65 bits per heavy atom. The number of benzene rings is 3. The Kier molecular flexibility index (Phi) is 6.84. The predicted octanol–water partition coefficient (Wildman–Crippen LogP) is 7.36. The molecule has 1 atom stereocenters. The van der Waals surface area contributed by atoms with E-state index in [1.54, 1.807) is 0 Å². The van der Waals surface area contributed by atoms with Crippen LogP contribution in [0.4, 0.5) is 26.3 Å². The molecule has 3 rings (SSSR count). The van der Waals surface area contributed by atoms with Gasteiger partial charge < -0.3 is 4.57 Å². The summed E-state index contributed by atoms with van der Waals surface area (Å²) < 4.78 is 96.4. The Bertz CT molecular complexity index is 1260. The highest BCUT2D eigenvalue weighted by Gasteiger charge is 2.50. The smallest absolute Gasteiger partial charge is 0.302 e. The van der Waals surface area contributed by atoms with E-state index in [4.69, 9.17) is 11.6 Å². The Hall–Kier alpha value is -2.90. The molecule has 0 fully saturated rings. The molecule has 0 aliphatic heterocycles. The highest BCUT2D eigenvalue weighted by molar-refractivity contribution is 8.01. The maximum Gasteiger partial charge on any atom is 0.417 e. The lowest BCUT2D eigenvalue weighted by atomic mass is 10.0. The lowest BCUT2D eigenvalue weighted by Crippen LogP contribution is -2.26. The lowest BCUT2D eigenvalue weighted by Gasteiger charge is -2.23. The molecule has 0 N–H and O–H groups in total. The Morgan fingerprint density at radius 2 is 1.18 bits per heavy atom. The van der Waals surface area contributed by atoms with Gasteiger partial charge in [-0.2, -0.15) is 26.3 Å². The largest absolute Gasteiger partial charge is 0.417 e. The number of carbonyl (C=O) groups excluding carboxylic acids is 2. The molecule has 11 heteroatoms. The first kappa shape index (κ1) is 25.7. The van der Waals surface area contributed by atoms with Crippen molar-refractivity contribution in [1.29, 1.82) is 0 Å². The van der Waals surface area contributed by atoms with E-state index in [-0.39, 0.29) is 22.7 Å². The zero-order valence-corrected chi connectivity index (χ0v) is 18.8. The first-order valence-electron chi connectivity index (χ1n) is 9.48. The summed E-state index contributed by atoms with van der Waals surface area (Å²) in [5.41, 5.74) is -9.61. The van der Waals surface area contributed by atoms with Gasteiger partial charge in [-0.25, -0.2) is 0 Å². The number of halogens is 7. The van der Waals surface area contributed by atoms with E-state index in [0.717, 1.165) is 12.1 Å². The van der Waals surface area contributed by atoms with Gasteiger partial charge >= 0.3 is 12.4 Å². The van der Waals surface area contributed by atoms with Crippen LogP contribution in [0.1, 0.15) is 37.4 Å². The maximum atomic E-state index is 14.2. The summed E-state index contributed by atoms with van der Waals surface area (Å²) >= 11 is 6.06. The van der Waals surface area contributed by atoms with Crippen molar-refractivity contribution in [2.75, 3.05) is 0 Å². The fourth-order valence-electron chi connectivity index (χ4n) is 3.44. The van der Waals surface area contributed by atoms with Gasteiger partial charge in [0.05, 0.1) is 21.7 Å². The number of carbonyl (C=O) groups is 2. The van der Waals surface area contributed by atoms with Gasteiger partial charge in [-0.15, -0.1) is 0 Å². The van der Waals surface area contributed by atoms with E-state index in [0.29, 0.717) is 6.07 Å². The fourth-order valence-corrected chi connectivity index (χ4v) is 6.22. The Morgan fingerprint density at radius 1 is 0.706 bits per heavy atom. The third-order valence-corrected chi connectivity index (χ3v) is 7.95. The van der Waals surface area contributed by atoms with Gasteiger partial charge in [-0.1, -0.05) is 60.1 Å². The van der Waals surface area contributed by atoms with Crippen molar-refractivity contribution in [1.82, 2.24) is 0 Å². The topological polar surface area (TPSA) is 51.2 Å². The molecule has 3 nitrogen and oxygen atoms in total. The molecule has 0 amide bonds. The molecule has 0 saturated heterocycles. The minimum absolute atomic E-state index is 0.140. The summed E-state index contributed by atoms with van der Waals surface area (Å²) in [4.78, 5) is 27.0. The molecule has 0 saturated carbocycles. The third kappa shape index (κ3) is 4.55. The highest BCUT2D eigenvalue weighted by atomic mass is 35.5. The van der Waals surface area contributed by atoms with Crippen molar-refractivity contribution in [2.45, 2.75) is 19.3 Å². The van der Waals surface area contributed by atoms with Crippen LogP contribution < -0.4 is 5.30 Å². The van der Waals surface area contributed by atoms with E-state index in [1.165, 1.54) is 43.3 Å². The van der Waals surface area contributed by atoms with Crippen molar-refractivity contribution >= 4 is 35.1 Å². The summed E-state index contributed by atoms with van der Waals surface area (Å²) in [6, 6.07) is 11.0. The molecule has 178 valence electrons. The van der Waals surface area contributed by atoms with Crippen LogP contribution in [-0.2, 0) is 16.9 Å². The van der Waals surface area contributed by atoms with Crippen LogP contribution in [0.3, 0.4) is 0 Å². The average molecular weight is 519 g/mol. The Labute approximate surface area is 194 Å². The van der Waals surface area contributed by atoms with Crippen LogP contribution in [0.15, 0.2) is 66.7 Å². The van der Waals surface area contributed by atoms with Crippen molar-refractivity contribution < 1.29 is 40.5 Å². The number of alkyl halides is 6. The minimum Gasteiger partial charge on any atom is -0.302 e. The van der Waals surface area contributed by atoms with Crippen molar-refractivity contribution in [3.05, 3.63) is 99.6 Å². The maximum absolute atomic E-state index is 14.2. The average Bonchev–Trinajstić information content (AvgIpc) is 2.76. The highest BCUT2D eigenvalue weighted by Crippen LogP contribution is 2.55. The lowest BCUT2D eigenvalue weighted by molar-refractivity contribution is -0.143. The number of aryl methyl sites for hydroxylation is 1. The molecular weight excluding hydrogens is 505 g/mol.